The zero-order valence-corrected chi connectivity index (χ0v) is 16.0. The zero-order chi connectivity index (χ0) is 19.7. The second-order valence-corrected chi connectivity index (χ2v) is 6.97. The van der Waals surface area contributed by atoms with E-state index in [0.29, 0.717) is 6.42 Å². The van der Waals surface area contributed by atoms with Crippen LogP contribution < -0.4 is 5.32 Å². The van der Waals surface area contributed by atoms with Crippen molar-refractivity contribution in [1.82, 2.24) is 5.32 Å². The lowest BCUT2D eigenvalue weighted by Crippen LogP contribution is -2.38. The van der Waals surface area contributed by atoms with E-state index in [0.717, 1.165) is 5.56 Å². The average molecular weight is 365 g/mol. The summed E-state index contributed by atoms with van der Waals surface area (Å²) in [7, 11) is 0. The van der Waals surface area contributed by atoms with E-state index in [2.05, 4.69) is 5.32 Å². The van der Waals surface area contributed by atoms with Crippen LogP contribution in [-0.4, -0.2) is 30.3 Å². The number of esters is 1. The monoisotopic (exact) mass is 365 g/mol. The normalized spacial score (nSPS) is 14.3. The van der Waals surface area contributed by atoms with Gasteiger partial charge in [0, 0.05) is 0 Å². The minimum atomic E-state index is -0.919. The predicted molar refractivity (Wildman–Crippen MR) is 98.3 cm³/mol. The summed E-state index contributed by atoms with van der Waals surface area (Å²) in [5, 5.41) is 2.42. The van der Waals surface area contributed by atoms with Crippen LogP contribution in [0.2, 0.25) is 0 Å². The van der Waals surface area contributed by atoms with Gasteiger partial charge < -0.3 is 14.8 Å². The predicted octanol–water partition coefficient (Wildman–Crippen LogP) is 4.18. The van der Waals surface area contributed by atoms with E-state index in [9.17, 15) is 14.0 Å². The van der Waals surface area contributed by atoms with Crippen LogP contribution in [0, 0.1) is 5.92 Å². The highest BCUT2D eigenvalue weighted by Gasteiger charge is 2.23. The van der Waals surface area contributed by atoms with E-state index in [4.69, 9.17) is 9.47 Å². The molecule has 0 unspecified atom stereocenters. The number of benzene rings is 1. The third-order valence-electron chi connectivity index (χ3n) is 3.40. The molecule has 6 heteroatoms. The minimum absolute atomic E-state index is 0.214. The van der Waals surface area contributed by atoms with Crippen LogP contribution in [0.4, 0.5) is 9.18 Å². The number of carbonyl (C=O) groups excluding carboxylic acids is 2. The first kappa shape index (κ1) is 21.7. The highest BCUT2D eigenvalue weighted by Crippen LogP contribution is 2.17. The van der Waals surface area contributed by atoms with Crippen molar-refractivity contribution in [2.45, 2.75) is 52.7 Å². The number of halogens is 1. The van der Waals surface area contributed by atoms with Gasteiger partial charge in [-0.3, -0.25) is 4.79 Å². The van der Waals surface area contributed by atoms with Crippen molar-refractivity contribution in [1.29, 1.82) is 0 Å². The molecule has 1 amide bonds. The van der Waals surface area contributed by atoms with Gasteiger partial charge in [-0.1, -0.05) is 30.3 Å². The van der Waals surface area contributed by atoms with Gasteiger partial charge in [-0.05, 0) is 52.7 Å². The second-order valence-electron chi connectivity index (χ2n) is 6.97. The Morgan fingerprint density at radius 1 is 1.23 bits per heavy atom. The van der Waals surface area contributed by atoms with Crippen molar-refractivity contribution in [3.63, 3.8) is 0 Å². The van der Waals surface area contributed by atoms with E-state index >= 15 is 0 Å². The lowest BCUT2D eigenvalue weighted by atomic mass is 9.98. The lowest BCUT2D eigenvalue weighted by molar-refractivity contribution is -0.146. The second kappa shape index (κ2) is 9.94. The number of ether oxygens (including phenoxy) is 2. The highest BCUT2D eigenvalue weighted by molar-refractivity contribution is 5.75. The largest absolute Gasteiger partial charge is 0.466 e. The zero-order valence-electron chi connectivity index (χ0n) is 16.0. The number of hydrogen-bond donors (Lipinski definition) is 1. The lowest BCUT2D eigenvalue weighted by Gasteiger charge is -2.21. The smallest absolute Gasteiger partial charge is 0.408 e. The Morgan fingerprint density at radius 2 is 1.85 bits per heavy atom. The summed E-state index contributed by atoms with van der Waals surface area (Å²) in [5.74, 6) is -1.90. The quantitative estimate of drug-likeness (QED) is 0.737. The number of nitrogens with one attached hydrogen (secondary N) is 1. The van der Waals surface area contributed by atoms with Crippen LogP contribution in [-0.2, 0) is 20.7 Å². The Kier molecular flexibility index (Phi) is 8.29. The molecule has 0 bridgehead atoms. The van der Waals surface area contributed by atoms with E-state index in [1.165, 1.54) is 13.0 Å². The molecular formula is C20H28FNO4. The Labute approximate surface area is 154 Å². The van der Waals surface area contributed by atoms with Crippen LogP contribution in [0.1, 0.15) is 40.2 Å². The Hall–Kier alpha value is -2.37. The Morgan fingerprint density at radius 3 is 2.38 bits per heavy atom. The third-order valence-corrected chi connectivity index (χ3v) is 3.40. The van der Waals surface area contributed by atoms with Gasteiger partial charge in [0.25, 0.3) is 0 Å². The van der Waals surface area contributed by atoms with Crippen LogP contribution in [0.3, 0.4) is 0 Å². The van der Waals surface area contributed by atoms with Gasteiger partial charge in [-0.2, -0.15) is 0 Å². The molecule has 0 saturated carbocycles. The fourth-order valence-corrected chi connectivity index (χ4v) is 2.22. The van der Waals surface area contributed by atoms with Crippen molar-refractivity contribution in [3.8, 4) is 0 Å². The molecule has 0 heterocycles. The maximum Gasteiger partial charge on any atom is 0.408 e. The van der Waals surface area contributed by atoms with Crippen LogP contribution in [0.15, 0.2) is 42.2 Å². The number of rotatable bonds is 7. The highest BCUT2D eigenvalue weighted by atomic mass is 19.1. The molecule has 0 aliphatic heterocycles. The molecule has 0 aromatic heterocycles. The fourth-order valence-electron chi connectivity index (χ4n) is 2.22. The first-order chi connectivity index (χ1) is 12.1. The Bertz CT molecular complexity index is 622. The van der Waals surface area contributed by atoms with Gasteiger partial charge in [0.2, 0.25) is 0 Å². The molecule has 144 valence electrons. The maximum atomic E-state index is 14.5. The van der Waals surface area contributed by atoms with E-state index in [1.807, 2.05) is 30.3 Å². The molecule has 5 nitrogen and oxygen atoms in total. The molecule has 1 aromatic rings. The molecule has 1 aromatic carbocycles. The fraction of sp³-hybridized carbons (Fsp3) is 0.500. The van der Waals surface area contributed by atoms with Gasteiger partial charge in [-0.25, -0.2) is 9.18 Å². The summed E-state index contributed by atoms with van der Waals surface area (Å²) in [6.45, 7) is 8.57. The van der Waals surface area contributed by atoms with Crippen LogP contribution in [0.25, 0.3) is 0 Å². The number of carbonyl (C=O) groups is 2. The molecule has 0 fully saturated rings. The molecule has 1 N–H and O–H groups in total. The van der Waals surface area contributed by atoms with Gasteiger partial charge in [0.15, 0.2) is 0 Å². The molecule has 0 radical (unpaired) electrons. The topological polar surface area (TPSA) is 64.6 Å². The molecule has 0 saturated heterocycles. The van der Waals surface area contributed by atoms with Gasteiger partial charge in [-0.15, -0.1) is 0 Å². The summed E-state index contributed by atoms with van der Waals surface area (Å²) in [4.78, 5) is 23.9. The molecule has 26 heavy (non-hydrogen) atoms. The molecule has 0 aliphatic rings. The average Bonchev–Trinajstić information content (AvgIpc) is 2.53. The van der Waals surface area contributed by atoms with Gasteiger partial charge >= 0.3 is 12.1 Å². The molecule has 2 atom stereocenters. The van der Waals surface area contributed by atoms with Crippen molar-refractivity contribution in [3.05, 3.63) is 47.8 Å². The minimum Gasteiger partial charge on any atom is -0.466 e. The van der Waals surface area contributed by atoms with Crippen molar-refractivity contribution in [2.75, 3.05) is 6.61 Å². The summed E-state index contributed by atoms with van der Waals surface area (Å²) in [6, 6.07) is 8.37. The maximum absolute atomic E-state index is 14.5. The van der Waals surface area contributed by atoms with Crippen LogP contribution >= 0.6 is 0 Å². The number of hydrogen-bond acceptors (Lipinski definition) is 4. The third kappa shape index (κ3) is 8.14. The van der Waals surface area contributed by atoms with E-state index in [1.54, 1.807) is 27.7 Å². The van der Waals surface area contributed by atoms with E-state index < -0.39 is 35.5 Å². The molecule has 0 aliphatic carbocycles. The van der Waals surface area contributed by atoms with Gasteiger partial charge in [0.05, 0.1) is 18.6 Å². The SMILES string of the molecule is CCOC(=O)[C@@H](/C=C(/F)[C@@H](C)NC(=O)OC(C)(C)C)Cc1ccccc1. The molecular weight excluding hydrogens is 337 g/mol. The summed E-state index contributed by atoms with van der Waals surface area (Å²) in [6.07, 6.45) is 0.795. The standard InChI is InChI=1S/C20H28FNO4/c1-6-25-18(23)16(12-15-10-8-7-9-11-15)13-17(21)14(2)22-19(24)26-20(3,4)5/h7-11,13-14,16H,6,12H2,1-5H3,(H,22,24)/b17-13+/t14-,16-/m1/s1. The van der Waals surface area contributed by atoms with Crippen molar-refractivity contribution >= 4 is 12.1 Å². The first-order valence-electron chi connectivity index (χ1n) is 8.69. The molecule has 1 rings (SSSR count). The first-order valence-corrected chi connectivity index (χ1v) is 8.69. The number of amides is 1. The van der Waals surface area contributed by atoms with Crippen molar-refractivity contribution in [2.24, 2.45) is 5.92 Å². The summed E-state index contributed by atoms with van der Waals surface area (Å²) < 4.78 is 24.7. The van der Waals surface area contributed by atoms with Crippen molar-refractivity contribution < 1.29 is 23.5 Å². The molecule has 0 spiro atoms. The van der Waals surface area contributed by atoms with E-state index in [-0.39, 0.29) is 6.61 Å². The van der Waals surface area contributed by atoms with Crippen LogP contribution in [0.5, 0.6) is 0 Å². The summed E-state index contributed by atoms with van der Waals surface area (Å²) >= 11 is 0. The van der Waals surface area contributed by atoms with Gasteiger partial charge in [0.1, 0.15) is 11.4 Å². The Balaban J connectivity index is 2.85. The summed E-state index contributed by atoms with van der Waals surface area (Å²) in [5.41, 5.74) is 0.215. The number of alkyl carbamates (subject to hydrolysis) is 1.